The van der Waals surface area contributed by atoms with Gasteiger partial charge in [0.15, 0.2) is 5.65 Å². The highest BCUT2D eigenvalue weighted by atomic mass is 16.5. The summed E-state index contributed by atoms with van der Waals surface area (Å²) < 4.78 is 9.36. The Hall–Kier alpha value is -3.00. The Balaban J connectivity index is 1.35. The van der Waals surface area contributed by atoms with E-state index in [1.165, 1.54) is 0 Å². The molecule has 4 aromatic heterocycles. The molecule has 8 nitrogen and oxygen atoms in total. The van der Waals surface area contributed by atoms with E-state index >= 15 is 0 Å². The van der Waals surface area contributed by atoms with Gasteiger partial charge in [-0.15, -0.1) is 5.10 Å². The van der Waals surface area contributed by atoms with Crippen molar-refractivity contribution in [1.82, 2.24) is 29.2 Å². The average molecular weight is 377 g/mol. The Morgan fingerprint density at radius 3 is 2.79 bits per heavy atom. The number of hydrogen-bond acceptors (Lipinski definition) is 6. The van der Waals surface area contributed by atoms with E-state index < -0.39 is 0 Å². The highest BCUT2D eigenvalue weighted by molar-refractivity contribution is 5.78. The maximum absolute atomic E-state index is 5.73. The van der Waals surface area contributed by atoms with Gasteiger partial charge in [0.05, 0.1) is 23.5 Å². The molecule has 0 aromatic carbocycles. The number of nitrogens with zero attached hydrogens (tertiary/aromatic N) is 6. The topological polar surface area (TPSA) is 81.6 Å². The lowest BCUT2D eigenvalue weighted by molar-refractivity contribution is 0.0346. The molecule has 1 aliphatic carbocycles. The smallest absolute Gasteiger partial charge is 0.241 e. The third-order valence-corrected chi connectivity index (χ3v) is 5.36. The van der Waals surface area contributed by atoms with Crippen molar-refractivity contribution in [3.05, 3.63) is 43.0 Å². The summed E-state index contributed by atoms with van der Waals surface area (Å²) in [4.78, 5) is 8.79. The normalized spacial score (nSPS) is 20.0. The Labute approximate surface area is 162 Å². The molecule has 0 aliphatic heterocycles. The molecular formula is C20H23N7O. The van der Waals surface area contributed by atoms with E-state index in [-0.39, 0.29) is 0 Å². The number of nitrogens with one attached hydrogen (secondary N) is 1. The summed E-state index contributed by atoms with van der Waals surface area (Å²) >= 11 is 0. The second kappa shape index (κ2) is 7.20. The Morgan fingerprint density at radius 2 is 1.93 bits per heavy atom. The summed E-state index contributed by atoms with van der Waals surface area (Å²) in [6, 6.07) is 6.35. The first kappa shape index (κ1) is 17.1. The van der Waals surface area contributed by atoms with Gasteiger partial charge in [-0.3, -0.25) is 0 Å². The molecule has 1 aliphatic rings. The van der Waals surface area contributed by atoms with Crippen LogP contribution in [0.5, 0.6) is 0 Å². The first-order chi connectivity index (χ1) is 13.8. The first-order valence-corrected chi connectivity index (χ1v) is 9.83. The zero-order chi connectivity index (χ0) is 18.9. The van der Waals surface area contributed by atoms with E-state index in [0.717, 1.165) is 54.7 Å². The van der Waals surface area contributed by atoms with Crippen LogP contribution < -0.4 is 5.32 Å². The summed E-state index contributed by atoms with van der Waals surface area (Å²) in [5.74, 6) is 0.660. The SMILES string of the molecule is CCO[C@H]1CC[C@@H](Nc2ncc3c(-c4ccc5nccn5n4)ccn3n2)CC1. The molecule has 0 unspecified atom stereocenters. The van der Waals surface area contributed by atoms with Crippen LogP contribution >= 0.6 is 0 Å². The molecule has 4 heterocycles. The summed E-state index contributed by atoms with van der Waals surface area (Å²) in [6.45, 7) is 2.85. The van der Waals surface area contributed by atoms with Gasteiger partial charge in [0.1, 0.15) is 0 Å². The monoisotopic (exact) mass is 377 g/mol. The third-order valence-electron chi connectivity index (χ3n) is 5.36. The lowest BCUT2D eigenvalue weighted by atomic mass is 9.93. The molecule has 0 atom stereocenters. The van der Waals surface area contributed by atoms with Crippen molar-refractivity contribution >= 4 is 17.1 Å². The molecule has 1 N–H and O–H groups in total. The van der Waals surface area contributed by atoms with Crippen molar-refractivity contribution in [2.45, 2.75) is 44.8 Å². The number of fused-ring (bicyclic) bond motifs is 2. The minimum atomic E-state index is 0.398. The second-order valence-corrected chi connectivity index (χ2v) is 7.16. The minimum Gasteiger partial charge on any atom is -0.379 e. The van der Waals surface area contributed by atoms with Crippen molar-refractivity contribution in [3.63, 3.8) is 0 Å². The minimum absolute atomic E-state index is 0.398. The maximum Gasteiger partial charge on any atom is 0.241 e. The van der Waals surface area contributed by atoms with Gasteiger partial charge in [-0.2, -0.15) is 5.10 Å². The second-order valence-electron chi connectivity index (χ2n) is 7.16. The van der Waals surface area contributed by atoms with Crippen LogP contribution in [0.4, 0.5) is 5.95 Å². The third kappa shape index (κ3) is 3.20. The van der Waals surface area contributed by atoms with Gasteiger partial charge in [0.2, 0.25) is 5.95 Å². The quantitative estimate of drug-likeness (QED) is 0.575. The van der Waals surface area contributed by atoms with Crippen LogP contribution in [0.25, 0.3) is 22.4 Å². The molecule has 0 spiro atoms. The van der Waals surface area contributed by atoms with E-state index in [0.29, 0.717) is 18.1 Å². The Bertz CT molecular complexity index is 1090. The fourth-order valence-electron chi connectivity index (χ4n) is 3.93. The fourth-order valence-corrected chi connectivity index (χ4v) is 3.93. The predicted molar refractivity (Wildman–Crippen MR) is 106 cm³/mol. The van der Waals surface area contributed by atoms with Gasteiger partial charge < -0.3 is 10.1 Å². The largest absolute Gasteiger partial charge is 0.379 e. The summed E-state index contributed by atoms with van der Waals surface area (Å²) in [5.41, 5.74) is 3.62. The maximum atomic E-state index is 5.73. The van der Waals surface area contributed by atoms with Gasteiger partial charge >= 0.3 is 0 Å². The van der Waals surface area contributed by atoms with Crippen LogP contribution in [0.3, 0.4) is 0 Å². The number of hydrogen-bond donors (Lipinski definition) is 1. The first-order valence-electron chi connectivity index (χ1n) is 9.83. The zero-order valence-electron chi connectivity index (χ0n) is 15.8. The highest BCUT2D eigenvalue weighted by Crippen LogP contribution is 2.25. The molecular weight excluding hydrogens is 354 g/mol. The van der Waals surface area contributed by atoms with Gasteiger partial charge in [0, 0.05) is 36.8 Å². The summed E-state index contributed by atoms with van der Waals surface area (Å²) in [5, 5.41) is 12.7. The van der Waals surface area contributed by atoms with Crippen LogP contribution in [0.15, 0.2) is 43.0 Å². The lowest BCUT2D eigenvalue weighted by Crippen LogP contribution is -2.30. The number of imidazole rings is 1. The average Bonchev–Trinajstić information content (AvgIpc) is 3.35. The van der Waals surface area contributed by atoms with E-state index in [4.69, 9.17) is 4.74 Å². The molecule has 0 saturated heterocycles. The van der Waals surface area contributed by atoms with Gasteiger partial charge in [0.25, 0.3) is 0 Å². The molecule has 1 saturated carbocycles. The molecule has 28 heavy (non-hydrogen) atoms. The molecule has 0 radical (unpaired) electrons. The molecule has 8 heteroatoms. The Morgan fingerprint density at radius 1 is 1.04 bits per heavy atom. The standard InChI is InChI=1S/C20H23N7O/c1-2-28-15-5-3-14(4-6-15)23-20-22-13-18-16(9-11-26(18)25-20)17-7-8-19-21-10-12-27(19)24-17/h7-15H,2-6H2,1H3,(H,23,25)/t14-,15+. The molecule has 1 fully saturated rings. The Kier molecular flexibility index (Phi) is 4.40. The van der Waals surface area contributed by atoms with Crippen LogP contribution in [-0.4, -0.2) is 47.9 Å². The number of aromatic nitrogens is 6. The van der Waals surface area contributed by atoms with Crippen molar-refractivity contribution < 1.29 is 4.74 Å². The van der Waals surface area contributed by atoms with Crippen molar-refractivity contribution in [2.24, 2.45) is 0 Å². The van der Waals surface area contributed by atoms with Crippen LogP contribution in [-0.2, 0) is 4.74 Å². The molecule has 5 rings (SSSR count). The van der Waals surface area contributed by atoms with E-state index in [2.05, 4.69) is 32.4 Å². The van der Waals surface area contributed by atoms with Crippen molar-refractivity contribution in [2.75, 3.05) is 11.9 Å². The predicted octanol–water partition coefficient (Wildman–Crippen LogP) is 3.20. The van der Waals surface area contributed by atoms with Crippen molar-refractivity contribution in [3.8, 4) is 11.3 Å². The van der Waals surface area contributed by atoms with Crippen LogP contribution in [0.2, 0.25) is 0 Å². The number of anilines is 1. The number of ether oxygens (including phenoxy) is 1. The lowest BCUT2D eigenvalue weighted by Gasteiger charge is -2.28. The molecule has 0 bridgehead atoms. The van der Waals surface area contributed by atoms with Crippen LogP contribution in [0.1, 0.15) is 32.6 Å². The highest BCUT2D eigenvalue weighted by Gasteiger charge is 2.22. The summed E-state index contributed by atoms with van der Waals surface area (Å²) in [6.07, 6.45) is 12.1. The molecule has 4 aromatic rings. The van der Waals surface area contributed by atoms with Crippen LogP contribution in [0, 0.1) is 0 Å². The number of rotatable bonds is 5. The van der Waals surface area contributed by atoms with E-state index in [1.807, 2.05) is 41.3 Å². The van der Waals surface area contributed by atoms with Gasteiger partial charge in [-0.05, 0) is 50.8 Å². The summed E-state index contributed by atoms with van der Waals surface area (Å²) in [7, 11) is 0. The molecule has 144 valence electrons. The van der Waals surface area contributed by atoms with E-state index in [1.54, 1.807) is 10.7 Å². The van der Waals surface area contributed by atoms with Gasteiger partial charge in [-0.1, -0.05) is 0 Å². The van der Waals surface area contributed by atoms with Crippen molar-refractivity contribution in [1.29, 1.82) is 0 Å². The van der Waals surface area contributed by atoms with Gasteiger partial charge in [-0.25, -0.2) is 19.0 Å². The molecule has 0 amide bonds. The fraction of sp³-hybridized carbons (Fsp3) is 0.400. The van der Waals surface area contributed by atoms with E-state index in [9.17, 15) is 0 Å². The zero-order valence-corrected chi connectivity index (χ0v) is 15.8.